The lowest BCUT2D eigenvalue weighted by molar-refractivity contribution is -0.116. The number of pyridine rings is 1. The molecule has 0 bridgehead atoms. The third kappa shape index (κ3) is 5.44. The number of benzene rings is 1. The van der Waals surface area contributed by atoms with Crippen LogP contribution in [-0.2, 0) is 17.9 Å². The number of amides is 1. The second-order valence-corrected chi connectivity index (χ2v) is 6.41. The molecule has 0 atom stereocenters. The van der Waals surface area contributed by atoms with E-state index in [2.05, 4.69) is 15.5 Å². The quantitative estimate of drug-likeness (QED) is 0.589. The first-order valence-corrected chi connectivity index (χ1v) is 9.14. The van der Waals surface area contributed by atoms with E-state index < -0.39 is 0 Å². The van der Waals surface area contributed by atoms with Gasteiger partial charge >= 0.3 is 0 Å². The van der Waals surface area contributed by atoms with Crippen molar-refractivity contribution >= 4 is 12.0 Å². The van der Waals surface area contributed by atoms with Crippen LogP contribution in [0.2, 0.25) is 0 Å². The third-order valence-corrected chi connectivity index (χ3v) is 4.36. The maximum Gasteiger partial charge on any atom is 0.244 e. The van der Waals surface area contributed by atoms with Gasteiger partial charge in [-0.05, 0) is 49.2 Å². The molecule has 0 radical (unpaired) electrons. The van der Waals surface area contributed by atoms with E-state index in [9.17, 15) is 4.79 Å². The summed E-state index contributed by atoms with van der Waals surface area (Å²) in [6, 6.07) is 9.22. The lowest BCUT2D eigenvalue weighted by Crippen LogP contribution is -2.20. The largest absolute Gasteiger partial charge is 0.493 e. The molecule has 0 fully saturated rings. The molecule has 7 heteroatoms. The number of carbonyl (C=O) groups excluding carboxylic acids is 1. The Labute approximate surface area is 169 Å². The van der Waals surface area contributed by atoms with Crippen molar-refractivity contribution in [3.05, 3.63) is 76.9 Å². The Morgan fingerprint density at radius 1 is 1.24 bits per heavy atom. The molecule has 1 N–H and O–H groups in total. The monoisotopic (exact) mass is 393 g/mol. The van der Waals surface area contributed by atoms with Gasteiger partial charge in [0.2, 0.25) is 5.91 Å². The van der Waals surface area contributed by atoms with Gasteiger partial charge < -0.3 is 19.3 Å². The number of methoxy groups -OCH3 is 1. The van der Waals surface area contributed by atoms with Gasteiger partial charge in [-0.25, -0.2) is 0 Å². The van der Waals surface area contributed by atoms with Crippen LogP contribution in [0, 0.1) is 13.8 Å². The zero-order valence-electron chi connectivity index (χ0n) is 16.6. The molecular formula is C22H23N3O4. The van der Waals surface area contributed by atoms with E-state index in [1.165, 1.54) is 6.08 Å². The summed E-state index contributed by atoms with van der Waals surface area (Å²) >= 11 is 0. The summed E-state index contributed by atoms with van der Waals surface area (Å²) in [4.78, 5) is 16.0. The van der Waals surface area contributed by atoms with E-state index in [0.29, 0.717) is 24.7 Å². The number of nitrogens with zero attached hydrogens (tertiary/aromatic N) is 2. The summed E-state index contributed by atoms with van der Waals surface area (Å²) in [6.45, 7) is 4.49. The van der Waals surface area contributed by atoms with Crippen LogP contribution in [0.15, 0.2) is 53.3 Å². The predicted octanol–water partition coefficient (Wildman–Crippen LogP) is 3.60. The Bertz CT molecular complexity index is 977. The van der Waals surface area contributed by atoms with Gasteiger partial charge in [-0.3, -0.25) is 9.78 Å². The number of rotatable bonds is 8. The zero-order chi connectivity index (χ0) is 20.6. The van der Waals surface area contributed by atoms with Crippen LogP contribution in [-0.4, -0.2) is 23.2 Å². The molecule has 1 amide bonds. The van der Waals surface area contributed by atoms with E-state index >= 15 is 0 Å². The maximum atomic E-state index is 12.0. The van der Waals surface area contributed by atoms with E-state index in [1.807, 2.05) is 44.2 Å². The second-order valence-electron chi connectivity index (χ2n) is 6.41. The predicted molar refractivity (Wildman–Crippen MR) is 108 cm³/mol. The fourth-order valence-electron chi connectivity index (χ4n) is 2.69. The number of aryl methyl sites for hydroxylation is 2. The van der Waals surface area contributed by atoms with E-state index in [4.69, 9.17) is 14.0 Å². The first-order valence-electron chi connectivity index (χ1n) is 9.14. The average molecular weight is 393 g/mol. The number of ether oxygens (including phenoxy) is 2. The molecule has 0 aliphatic carbocycles. The minimum absolute atomic E-state index is 0.188. The Morgan fingerprint density at radius 3 is 2.79 bits per heavy atom. The molecule has 0 saturated heterocycles. The third-order valence-electron chi connectivity index (χ3n) is 4.36. The summed E-state index contributed by atoms with van der Waals surface area (Å²) in [5.41, 5.74) is 3.48. The molecule has 29 heavy (non-hydrogen) atoms. The van der Waals surface area contributed by atoms with Gasteiger partial charge in [0.1, 0.15) is 12.4 Å². The molecule has 1 aromatic carbocycles. The van der Waals surface area contributed by atoms with E-state index in [1.54, 1.807) is 25.6 Å². The van der Waals surface area contributed by atoms with Crippen molar-refractivity contribution in [1.29, 1.82) is 0 Å². The molecule has 0 aliphatic heterocycles. The van der Waals surface area contributed by atoms with Crippen molar-refractivity contribution in [2.45, 2.75) is 27.0 Å². The highest BCUT2D eigenvalue weighted by atomic mass is 16.5. The average Bonchev–Trinajstić information content (AvgIpc) is 3.07. The zero-order valence-corrected chi connectivity index (χ0v) is 16.6. The second kappa shape index (κ2) is 9.54. The number of hydrogen-bond acceptors (Lipinski definition) is 6. The molecule has 2 heterocycles. The minimum atomic E-state index is -0.188. The highest BCUT2D eigenvalue weighted by Crippen LogP contribution is 2.30. The standard InChI is InChI=1S/C22H23N3O4/c1-15-19(16(2)29-25-15)14-28-20-8-6-17(11-21(20)27-3)7-9-22(26)24-13-18-5-4-10-23-12-18/h4-12H,13-14H2,1-3H3,(H,24,26)/b9-7+. The van der Waals surface area contributed by atoms with Gasteiger partial charge in [0, 0.05) is 25.0 Å². The van der Waals surface area contributed by atoms with Crippen LogP contribution >= 0.6 is 0 Å². The van der Waals surface area contributed by atoms with Crippen LogP contribution in [0.25, 0.3) is 6.08 Å². The Kier molecular flexibility index (Phi) is 6.63. The van der Waals surface area contributed by atoms with Gasteiger partial charge in [0.25, 0.3) is 0 Å². The van der Waals surface area contributed by atoms with Crippen molar-refractivity contribution in [2.75, 3.05) is 7.11 Å². The molecule has 2 aromatic heterocycles. The number of hydrogen-bond donors (Lipinski definition) is 1. The van der Waals surface area contributed by atoms with Crippen LogP contribution in [0.3, 0.4) is 0 Å². The van der Waals surface area contributed by atoms with E-state index in [-0.39, 0.29) is 5.91 Å². The molecule has 0 unspecified atom stereocenters. The Hall–Kier alpha value is -3.61. The van der Waals surface area contributed by atoms with Gasteiger partial charge in [0.15, 0.2) is 11.5 Å². The lowest BCUT2D eigenvalue weighted by atomic mass is 10.2. The Balaban J connectivity index is 1.60. The summed E-state index contributed by atoms with van der Waals surface area (Å²) in [5, 5.41) is 6.74. The SMILES string of the molecule is COc1cc(/C=C/C(=O)NCc2cccnc2)ccc1OCc1c(C)noc1C. The smallest absolute Gasteiger partial charge is 0.244 e. The molecule has 150 valence electrons. The van der Waals surface area contributed by atoms with Crippen molar-refractivity contribution in [1.82, 2.24) is 15.5 Å². The van der Waals surface area contributed by atoms with Crippen LogP contribution in [0.4, 0.5) is 0 Å². The van der Waals surface area contributed by atoms with Crippen molar-refractivity contribution in [3.8, 4) is 11.5 Å². The number of aromatic nitrogens is 2. The molecule has 0 aliphatic rings. The highest BCUT2D eigenvalue weighted by molar-refractivity contribution is 5.91. The van der Waals surface area contributed by atoms with Crippen molar-refractivity contribution in [3.63, 3.8) is 0 Å². The summed E-state index contributed by atoms with van der Waals surface area (Å²) in [6.07, 6.45) is 6.62. The first kappa shape index (κ1) is 20.1. The molecular weight excluding hydrogens is 370 g/mol. The molecule has 3 aromatic rings. The van der Waals surface area contributed by atoms with Gasteiger partial charge in [-0.2, -0.15) is 0 Å². The highest BCUT2D eigenvalue weighted by Gasteiger charge is 2.12. The summed E-state index contributed by atoms with van der Waals surface area (Å²) in [7, 11) is 1.58. The molecule has 0 spiro atoms. The summed E-state index contributed by atoms with van der Waals surface area (Å²) < 4.78 is 16.4. The molecule has 0 saturated carbocycles. The normalized spacial score (nSPS) is 10.9. The number of carbonyl (C=O) groups is 1. The molecule has 3 rings (SSSR count). The Morgan fingerprint density at radius 2 is 2.10 bits per heavy atom. The fourth-order valence-corrected chi connectivity index (χ4v) is 2.69. The van der Waals surface area contributed by atoms with Crippen LogP contribution < -0.4 is 14.8 Å². The van der Waals surface area contributed by atoms with Crippen molar-refractivity contribution in [2.24, 2.45) is 0 Å². The van der Waals surface area contributed by atoms with Crippen LogP contribution in [0.1, 0.15) is 28.1 Å². The maximum absolute atomic E-state index is 12.0. The van der Waals surface area contributed by atoms with Crippen molar-refractivity contribution < 1.29 is 18.8 Å². The minimum Gasteiger partial charge on any atom is -0.493 e. The summed E-state index contributed by atoms with van der Waals surface area (Å²) in [5.74, 6) is 1.73. The lowest BCUT2D eigenvalue weighted by Gasteiger charge is -2.11. The first-order chi connectivity index (χ1) is 14.1. The van der Waals surface area contributed by atoms with Gasteiger partial charge in [-0.15, -0.1) is 0 Å². The van der Waals surface area contributed by atoms with Gasteiger partial charge in [-0.1, -0.05) is 17.3 Å². The van der Waals surface area contributed by atoms with Crippen LogP contribution in [0.5, 0.6) is 11.5 Å². The fraction of sp³-hybridized carbons (Fsp3) is 0.227. The topological polar surface area (TPSA) is 86.5 Å². The molecule has 7 nitrogen and oxygen atoms in total. The van der Waals surface area contributed by atoms with E-state index in [0.717, 1.165) is 28.1 Å². The number of nitrogens with one attached hydrogen (secondary N) is 1. The van der Waals surface area contributed by atoms with Gasteiger partial charge in [0.05, 0.1) is 18.4 Å².